The fraction of sp³-hybridized carbons (Fsp3) is 0.545. The van der Waals surface area contributed by atoms with Gasteiger partial charge >= 0.3 is 0 Å². The number of nitrogens with zero attached hydrogens (tertiary/aromatic N) is 3. The maximum atomic E-state index is 14.8. The van der Waals surface area contributed by atoms with E-state index in [2.05, 4.69) is 15.2 Å². The van der Waals surface area contributed by atoms with Crippen molar-refractivity contribution < 1.29 is 18.3 Å². The Morgan fingerprint density at radius 1 is 1.33 bits per heavy atom. The second-order valence-corrected chi connectivity index (χ2v) is 10.2. The molecule has 1 aromatic rings. The third kappa shape index (κ3) is 3.90. The molecule has 0 aliphatic carbocycles. The van der Waals surface area contributed by atoms with Crippen LogP contribution >= 0.6 is 11.8 Å². The van der Waals surface area contributed by atoms with Crippen LogP contribution in [0.25, 0.3) is 0 Å². The van der Waals surface area contributed by atoms with Crippen LogP contribution in [0, 0.1) is 5.41 Å². The number of piperidine rings is 1. The van der Waals surface area contributed by atoms with Gasteiger partial charge in [-0.25, -0.2) is 4.99 Å². The van der Waals surface area contributed by atoms with Gasteiger partial charge in [0.05, 0.1) is 31.0 Å². The molecule has 1 amide bonds. The second kappa shape index (κ2) is 8.23. The predicted molar refractivity (Wildman–Crippen MR) is 123 cm³/mol. The van der Waals surface area contributed by atoms with Crippen LogP contribution in [-0.4, -0.2) is 62.1 Å². The number of aliphatic imine (C=N–C) groups is 1. The first kappa shape index (κ1) is 22.6. The summed E-state index contributed by atoms with van der Waals surface area (Å²) in [4.78, 5) is 20.1. The summed E-state index contributed by atoms with van der Waals surface area (Å²) in [5.74, 6) is -3.21. The van der Waals surface area contributed by atoms with Crippen LogP contribution < -0.4 is 21.7 Å². The molecule has 4 aliphatic rings. The number of anilines is 1. The number of carbonyl (C=O) groups excluding carboxylic acids is 1. The maximum absolute atomic E-state index is 14.8. The van der Waals surface area contributed by atoms with Gasteiger partial charge in [-0.1, -0.05) is 17.8 Å². The zero-order valence-corrected chi connectivity index (χ0v) is 19.2. The summed E-state index contributed by atoms with van der Waals surface area (Å²) in [5, 5.41) is 3.69. The van der Waals surface area contributed by atoms with Crippen molar-refractivity contribution >= 4 is 29.6 Å². The van der Waals surface area contributed by atoms with Crippen LogP contribution in [0.2, 0.25) is 0 Å². The van der Waals surface area contributed by atoms with Crippen molar-refractivity contribution in [2.75, 3.05) is 37.7 Å². The molecule has 4 heterocycles. The van der Waals surface area contributed by atoms with Gasteiger partial charge in [-0.05, 0) is 25.0 Å². The molecule has 1 spiro atoms. The molecule has 2 atom stereocenters. The molecule has 2 saturated heterocycles. The van der Waals surface area contributed by atoms with Gasteiger partial charge in [0.15, 0.2) is 0 Å². The van der Waals surface area contributed by atoms with Crippen LogP contribution in [0.4, 0.5) is 14.5 Å². The number of rotatable bonds is 3. The van der Waals surface area contributed by atoms with Gasteiger partial charge in [-0.15, -0.1) is 0 Å². The Balaban J connectivity index is 1.29. The van der Waals surface area contributed by atoms with E-state index in [0.717, 1.165) is 42.6 Å². The number of hydrogen-bond acceptors (Lipinski definition) is 8. The second-order valence-electron chi connectivity index (χ2n) is 9.17. The van der Waals surface area contributed by atoms with E-state index >= 15 is 0 Å². The van der Waals surface area contributed by atoms with Crippen molar-refractivity contribution in [3.63, 3.8) is 0 Å². The van der Waals surface area contributed by atoms with E-state index < -0.39 is 18.4 Å². The van der Waals surface area contributed by atoms with Gasteiger partial charge in [0.2, 0.25) is 5.91 Å². The first-order valence-electron chi connectivity index (χ1n) is 11.1. The molecule has 0 bridgehead atoms. The number of ether oxygens (including phenoxy) is 1. The molecule has 5 rings (SSSR count). The molecule has 0 saturated carbocycles. The third-order valence-corrected chi connectivity index (χ3v) is 8.21. The summed E-state index contributed by atoms with van der Waals surface area (Å²) in [6, 6.07) is 4.89. The molecule has 2 unspecified atom stereocenters. The number of halogens is 2. The van der Waals surface area contributed by atoms with Crippen LogP contribution in [0.5, 0.6) is 0 Å². The number of benzene rings is 1. The fourth-order valence-corrected chi connectivity index (χ4v) is 6.11. The van der Waals surface area contributed by atoms with E-state index in [1.807, 2.05) is 0 Å². The Bertz CT molecular complexity index is 1020. The normalized spacial score (nSPS) is 28.3. The summed E-state index contributed by atoms with van der Waals surface area (Å²) < 4.78 is 35.2. The van der Waals surface area contributed by atoms with E-state index in [0.29, 0.717) is 29.0 Å². The molecule has 8 nitrogen and oxygen atoms in total. The first-order valence-corrected chi connectivity index (χ1v) is 11.9. The zero-order chi connectivity index (χ0) is 23.4. The average Bonchev–Trinajstić information content (AvgIpc) is 3.27. The summed E-state index contributed by atoms with van der Waals surface area (Å²) in [5.41, 5.74) is 12.7. The molecule has 4 aliphatic heterocycles. The molecule has 2 fully saturated rings. The number of hydrogen-bond donors (Lipinski definition) is 3. The minimum atomic E-state index is -3.14. The van der Waals surface area contributed by atoms with Crippen molar-refractivity contribution in [3.05, 3.63) is 34.6 Å². The minimum absolute atomic E-state index is 0.0530. The molecular weight excluding hydrogens is 450 g/mol. The number of alkyl halides is 2. The molecule has 5 N–H and O–H groups in total. The van der Waals surface area contributed by atoms with E-state index in [4.69, 9.17) is 16.2 Å². The SMILES string of the molecule is CC(=O)N1CC(F)(F)c2c(SC3=C(N)NC(N4CCC5(CC4)COCC5N)C=N3)cccc21. The van der Waals surface area contributed by atoms with E-state index in [-0.39, 0.29) is 28.9 Å². The van der Waals surface area contributed by atoms with Gasteiger partial charge in [0.25, 0.3) is 5.92 Å². The smallest absolute Gasteiger partial charge is 0.293 e. The van der Waals surface area contributed by atoms with Crippen molar-refractivity contribution in [2.45, 2.75) is 42.8 Å². The lowest BCUT2D eigenvalue weighted by Gasteiger charge is -2.43. The van der Waals surface area contributed by atoms with Crippen LogP contribution in [0.3, 0.4) is 0 Å². The first-order chi connectivity index (χ1) is 15.7. The Morgan fingerprint density at radius 3 is 2.73 bits per heavy atom. The lowest BCUT2D eigenvalue weighted by molar-refractivity contribution is -0.117. The van der Waals surface area contributed by atoms with Crippen molar-refractivity contribution in [1.29, 1.82) is 0 Å². The fourth-order valence-electron chi connectivity index (χ4n) is 5.11. The standard InChI is InChI=1S/C22H28F2N6O2S/c1-13(31)30-11-22(23,24)18-14(30)3-2-4-15(18)33-20-19(26)28-17(9-27-20)29-7-5-21(6-8-29)12-32-10-16(21)25/h2-4,9,16-17,28H,5-8,10-12,25-26H2,1H3. The van der Waals surface area contributed by atoms with Crippen molar-refractivity contribution in [2.24, 2.45) is 21.9 Å². The number of likely N-dealkylation sites (tertiary alicyclic amines) is 1. The summed E-state index contributed by atoms with van der Waals surface area (Å²) >= 11 is 1.08. The Labute approximate surface area is 195 Å². The summed E-state index contributed by atoms with van der Waals surface area (Å²) in [6.45, 7) is 3.65. The highest BCUT2D eigenvalue weighted by Gasteiger charge is 2.47. The van der Waals surface area contributed by atoms with Crippen molar-refractivity contribution in [1.82, 2.24) is 10.2 Å². The molecule has 1 aromatic carbocycles. The lowest BCUT2D eigenvalue weighted by Crippen LogP contribution is -2.56. The number of carbonyl (C=O) groups is 1. The van der Waals surface area contributed by atoms with Gasteiger partial charge in [-0.2, -0.15) is 8.78 Å². The number of nitrogens with one attached hydrogen (secondary N) is 1. The average molecular weight is 479 g/mol. The monoisotopic (exact) mass is 478 g/mol. The highest BCUT2D eigenvalue weighted by molar-refractivity contribution is 8.03. The topological polar surface area (TPSA) is 109 Å². The quantitative estimate of drug-likeness (QED) is 0.607. The van der Waals surface area contributed by atoms with Gasteiger partial charge in [-0.3, -0.25) is 9.69 Å². The molecule has 33 heavy (non-hydrogen) atoms. The Morgan fingerprint density at radius 2 is 2.09 bits per heavy atom. The zero-order valence-electron chi connectivity index (χ0n) is 18.4. The minimum Gasteiger partial charge on any atom is -0.383 e. The van der Waals surface area contributed by atoms with Crippen LogP contribution in [-0.2, 0) is 15.5 Å². The predicted octanol–water partition coefficient (Wildman–Crippen LogP) is 1.76. The molecule has 0 radical (unpaired) electrons. The highest BCUT2D eigenvalue weighted by Crippen LogP contribution is 2.49. The van der Waals surface area contributed by atoms with Crippen LogP contribution in [0.1, 0.15) is 25.3 Å². The van der Waals surface area contributed by atoms with E-state index in [1.165, 1.54) is 6.92 Å². The van der Waals surface area contributed by atoms with E-state index in [1.54, 1.807) is 24.4 Å². The third-order valence-electron chi connectivity index (χ3n) is 7.13. The largest absolute Gasteiger partial charge is 0.383 e. The van der Waals surface area contributed by atoms with Gasteiger partial charge in [0, 0.05) is 42.6 Å². The maximum Gasteiger partial charge on any atom is 0.293 e. The molecule has 0 aromatic heterocycles. The van der Waals surface area contributed by atoms with Gasteiger partial charge < -0.3 is 26.4 Å². The van der Waals surface area contributed by atoms with Crippen LogP contribution in [0.15, 0.2) is 38.9 Å². The molecular formula is C22H28F2N6O2S. The van der Waals surface area contributed by atoms with Gasteiger partial charge in [0.1, 0.15) is 17.0 Å². The lowest BCUT2D eigenvalue weighted by atomic mass is 9.75. The Hall–Kier alpha value is -2.21. The number of fused-ring (bicyclic) bond motifs is 1. The van der Waals surface area contributed by atoms with Crippen molar-refractivity contribution in [3.8, 4) is 0 Å². The number of thioether (sulfide) groups is 1. The summed E-state index contributed by atoms with van der Waals surface area (Å²) in [6.07, 6.45) is 3.50. The molecule has 178 valence electrons. The molecule has 11 heteroatoms. The number of nitrogens with two attached hydrogens (primary N) is 2. The Kier molecular flexibility index (Phi) is 5.63. The highest BCUT2D eigenvalue weighted by atomic mass is 32.2. The summed E-state index contributed by atoms with van der Waals surface area (Å²) in [7, 11) is 0. The van der Waals surface area contributed by atoms with E-state index in [9.17, 15) is 13.6 Å². The number of amides is 1.